The Balaban J connectivity index is 1.83. The SMILES string of the molecule is COCCCNC(=O)c1cn(C2CCNCC2)nn1. The van der Waals surface area contributed by atoms with Crippen LogP contribution in [0.15, 0.2) is 6.20 Å². The van der Waals surface area contributed by atoms with Gasteiger partial charge < -0.3 is 15.4 Å². The number of amides is 1. The van der Waals surface area contributed by atoms with Crippen molar-refractivity contribution in [3.05, 3.63) is 11.9 Å². The Morgan fingerprint density at radius 3 is 3.11 bits per heavy atom. The fraction of sp³-hybridized carbons (Fsp3) is 0.750. The standard InChI is InChI=1S/C12H21N5O2/c1-19-8-2-5-14-12(18)11-9-17(16-15-11)10-3-6-13-7-4-10/h9-10,13H,2-8H2,1H3,(H,14,18). The van der Waals surface area contributed by atoms with E-state index in [0.717, 1.165) is 32.4 Å². The van der Waals surface area contributed by atoms with Crippen molar-refractivity contribution in [2.75, 3.05) is 33.4 Å². The fourth-order valence-electron chi connectivity index (χ4n) is 2.14. The Morgan fingerprint density at radius 2 is 2.37 bits per heavy atom. The van der Waals surface area contributed by atoms with Gasteiger partial charge in [0.05, 0.1) is 12.2 Å². The smallest absolute Gasteiger partial charge is 0.273 e. The van der Waals surface area contributed by atoms with E-state index in [1.54, 1.807) is 13.3 Å². The molecular weight excluding hydrogens is 246 g/mol. The summed E-state index contributed by atoms with van der Waals surface area (Å²) < 4.78 is 6.73. The Bertz CT molecular complexity index is 401. The van der Waals surface area contributed by atoms with Gasteiger partial charge in [-0.25, -0.2) is 4.68 Å². The molecule has 1 aromatic rings. The van der Waals surface area contributed by atoms with Gasteiger partial charge in [0.1, 0.15) is 0 Å². The highest BCUT2D eigenvalue weighted by Gasteiger charge is 2.18. The third-order valence-corrected chi connectivity index (χ3v) is 3.24. The van der Waals surface area contributed by atoms with Crippen molar-refractivity contribution >= 4 is 5.91 Å². The van der Waals surface area contributed by atoms with Crippen molar-refractivity contribution in [2.45, 2.75) is 25.3 Å². The molecule has 1 aromatic heterocycles. The summed E-state index contributed by atoms with van der Waals surface area (Å²) in [5, 5.41) is 14.1. The van der Waals surface area contributed by atoms with Crippen molar-refractivity contribution in [1.29, 1.82) is 0 Å². The summed E-state index contributed by atoms with van der Waals surface area (Å²) in [5.74, 6) is -0.170. The molecule has 0 saturated carbocycles. The molecule has 19 heavy (non-hydrogen) atoms. The minimum Gasteiger partial charge on any atom is -0.385 e. The van der Waals surface area contributed by atoms with E-state index >= 15 is 0 Å². The first-order chi connectivity index (χ1) is 9.31. The highest BCUT2D eigenvalue weighted by molar-refractivity contribution is 5.91. The Morgan fingerprint density at radius 1 is 1.58 bits per heavy atom. The van der Waals surface area contributed by atoms with E-state index in [4.69, 9.17) is 4.74 Å². The Labute approximate surface area is 112 Å². The number of hydrogen-bond donors (Lipinski definition) is 2. The van der Waals surface area contributed by atoms with E-state index in [2.05, 4.69) is 20.9 Å². The molecule has 0 unspecified atom stereocenters. The summed E-state index contributed by atoms with van der Waals surface area (Å²) in [6.07, 6.45) is 4.59. The summed E-state index contributed by atoms with van der Waals surface area (Å²) >= 11 is 0. The second-order valence-corrected chi connectivity index (χ2v) is 4.67. The molecule has 7 heteroatoms. The number of ether oxygens (including phenoxy) is 1. The quantitative estimate of drug-likeness (QED) is 0.707. The lowest BCUT2D eigenvalue weighted by Gasteiger charge is -2.22. The first-order valence-corrected chi connectivity index (χ1v) is 6.71. The topological polar surface area (TPSA) is 81.1 Å². The van der Waals surface area contributed by atoms with Crippen LogP contribution in [0.5, 0.6) is 0 Å². The zero-order valence-electron chi connectivity index (χ0n) is 11.3. The minimum atomic E-state index is -0.170. The van der Waals surface area contributed by atoms with E-state index in [0.29, 0.717) is 24.9 Å². The third kappa shape index (κ3) is 4.00. The van der Waals surface area contributed by atoms with E-state index in [-0.39, 0.29) is 5.91 Å². The molecule has 0 atom stereocenters. The molecule has 1 saturated heterocycles. The number of aromatic nitrogens is 3. The van der Waals surface area contributed by atoms with Gasteiger partial charge in [0.15, 0.2) is 5.69 Å². The van der Waals surface area contributed by atoms with Gasteiger partial charge in [-0.1, -0.05) is 5.21 Å². The lowest BCUT2D eigenvalue weighted by atomic mass is 10.1. The van der Waals surface area contributed by atoms with Crippen molar-refractivity contribution in [2.24, 2.45) is 0 Å². The number of nitrogens with one attached hydrogen (secondary N) is 2. The van der Waals surface area contributed by atoms with Crippen LogP contribution in [0.25, 0.3) is 0 Å². The van der Waals surface area contributed by atoms with Gasteiger partial charge in [-0.2, -0.15) is 0 Å². The molecule has 0 spiro atoms. The van der Waals surface area contributed by atoms with Crippen molar-refractivity contribution in [3.63, 3.8) is 0 Å². The average Bonchev–Trinajstić information content (AvgIpc) is 2.94. The summed E-state index contributed by atoms with van der Waals surface area (Å²) in [6, 6.07) is 0.351. The lowest BCUT2D eigenvalue weighted by Crippen LogP contribution is -2.29. The van der Waals surface area contributed by atoms with E-state index < -0.39 is 0 Å². The van der Waals surface area contributed by atoms with E-state index in [1.807, 2.05) is 4.68 Å². The van der Waals surface area contributed by atoms with Crippen LogP contribution in [-0.2, 0) is 4.74 Å². The van der Waals surface area contributed by atoms with Gasteiger partial charge >= 0.3 is 0 Å². The maximum absolute atomic E-state index is 11.8. The number of methoxy groups -OCH3 is 1. The average molecular weight is 267 g/mol. The Kier molecular flexibility index (Phi) is 5.29. The molecule has 1 aliphatic heterocycles. The van der Waals surface area contributed by atoms with Crippen molar-refractivity contribution < 1.29 is 9.53 Å². The van der Waals surface area contributed by atoms with Crippen LogP contribution in [0.4, 0.5) is 0 Å². The first-order valence-electron chi connectivity index (χ1n) is 6.71. The molecule has 1 amide bonds. The molecule has 0 aromatic carbocycles. The van der Waals surface area contributed by atoms with Crippen molar-refractivity contribution in [1.82, 2.24) is 25.6 Å². The third-order valence-electron chi connectivity index (χ3n) is 3.24. The fourth-order valence-corrected chi connectivity index (χ4v) is 2.14. The highest BCUT2D eigenvalue weighted by atomic mass is 16.5. The highest BCUT2D eigenvalue weighted by Crippen LogP contribution is 2.16. The maximum atomic E-state index is 11.8. The van der Waals surface area contributed by atoms with Crippen LogP contribution in [0.3, 0.4) is 0 Å². The Hall–Kier alpha value is -1.47. The summed E-state index contributed by atoms with van der Waals surface area (Å²) in [5.41, 5.74) is 0.385. The molecule has 2 rings (SSSR count). The van der Waals surface area contributed by atoms with Crippen molar-refractivity contribution in [3.8, 4) is 0 Å². The van der Waals surface area contributed by atoms with Crippen LogP contribution in [0.2, 0.25) is 0 Å². The molecule has 106 valence electrons. The number of carbonyl (C=O) groups is 1. The number of rotatable bonds is 6. The molecule has 0 bridgehead atoms. The largest absolute Gasteiger partial charge is 0.385 e. The number of carbonyl (C=O) groups excluding carboxylic acids is 1. The molecule has 1 aliphatic rings. The zero-order chi connectivity index (χ0) is 13.5. The van der Waals surface area contributed by atoms with E-state index in [9.17, 15) is 4.79 Å². The van der Waals surface area contributed by atoms with Crippen LogP contribution >= 0.6 is 0 Å². The van der Waals surface area contributed by atoms with Crippen LogP contribution in [0.1, 0.15) is 35.8 Å². The summed E-state index contributed by atoms with van der Waals surface area (Å²) in [4.78, 5) is 11.8. The van der Waals surface area contributed by atoms with Gasteiger partial charge in [0.2, 0.25) is 0 Å². The number of piperidine rings is 1. The van der Waals surface area contributed by atoms with Crippen LogP contribution < -0.4 is 10.6 Å². The maximum Gasteiger partial charge on any atom is 0.273 e. The number of nitrogens with zero attached hydrogens (tertiary/aromatic N) is 3. The zero-order valence-corrected chi connectivity index (χ0v) is 11.3. The molecule has 2 heterocycles. The van der Waals surface area contributed by atoms with Gasteiger partial charge in [-0.05, 0) is 32.4 Å². The second-order valence-electron chi connectivity index (χ2n) is 4.67. The summed E-state index contributed by atoms with van der Waals surface area (Å²) in [6.45, 7) is 3.21. The molecule has 2 N–H and O–H groups in total. The molecule has 7 nitrogen and oxygen atoms in total. The molecule has 0 aliphatic carbocycles. The molecule has 0 radical (unpaired) electrons. The lowest BCUT2D eigenvalue weighted by molar-refractivity contribution is 0.0943. The van der Waals surface area contributed by atoms with Gasteiger partial charge in [-0.15, -0.1) is 5.10 Å². The molecular formula is C12H21N5O2. The predicted octanol–water partition coefficient (Wildman–Crippen LogP) is -0.0311. The predicted molar refractivity (Wildman–Crippen MR) is 70.0 cm³/mol. The van der Waals surface area contributed by atoms with Crippen LogP contribution in [-0.4, -0.2) is 54.3 Å². The normalized spacial score (nSPS) is 16.5. The molecule has 1 fully saturated rings. The van der Waals surface area contributed by atoms with E-state index in [1.165, 1.54) is 0 Å². The monoisotopic (exact) mass is 267 g/mol. The van der Waals surface area contributed by atoms with Gasteiger partial charge in [0.25, 0.3) is 5.91 Å². The van der Waals surface area contributed by atoms with Gasteiger partial charge in [-0.3, -0.25) is 4.79 Å². The number of hydrogen-bond acceptors (Lipinski definition) is 5. The summed E-state index contributed by atoms with van der Waals surface area (Å²) in [7, 11) is 1.65. The van der Waals surface area contributed by atoms with Crippen LogP contribution in [0, 0.1) is 0 Å². The second kappa shape index (κ2) is 7.20. The first kappa shape index (κ1) is 14.0. The van der Waals surface area contributed by atoms with Gasteiger partial charge in [0, 0.05) is 20.3 Å². The minimum absolute atomic E-state index is 0.170.